The number of aliphatic imine (C=N–C) groups is 1. The Morgan fingerprint density at radius 2 is 1.90 bits per heavy atom. The Morgan fingerprint density at radius 1 is 1.07 bits per heavy atom. The molecule has 3 rings (SSSR count). The largest absolute Gasteiger partial charge is 0.493 e. The van der Waals surface area contributed by atoms with Gasteiger partial charge >= 0.3 is 0 Å². The average Bonchev–Trinajstić information content (AvgIpc) is 3.16. The van der Waals surface area contributed by atoms with Gasteiger partial charge in [-0.25, -0.2) is 4.99 Å². The molecule has 0 saturated carbocycles. The molecule has 2 aromatic carbocycles. The summed E-state index contributed by atoms with van der Waals surface area (Å²) >= 11 is 0. The zero-order chi connectivity index (χ0) is 20.5. The van der Waals surface area contributed by atoms with Gasteiger partial charge in [-0.15, -0.1) is 24.0 Å². The van der Waals surface area contributed by atoms with Crippen LogP contribution in [0.3, 0.4) is 0 Å². The molecule has 0 aliphatic carbocycles. The molecule has 0 amide bonds. The van der Waals surface area contributed by atoms with Gasteiger partial charge in [0.25, 0.3) is 0 Å². The van der Waals surface area contributed by atoms with Crippen LogP contribution in [0.25, 0.3) is 10.9 Å². The summed E-state index contributed by atoms with van der Waals surface area (Å²) in [7, 11) is 1.65. The molecule has 3 aromatic rings. The smallest absolute Gasteiger partial charge is 0.191 e. The molecule has 162 valence electrons. The van der Waals surface area contributed by atoms with E-state index in [1.165, 1.54) is 16.5 Å². The van der Waals surface area contributed by atoms with Crippen molar-refractivity contribution in [3.63, 3.8) is 0 Å². The van der Waals surface area contributed by atoms with Crippen LogP contribution in [0.1, 0.15) is 25.0 Å². The van der Waals surface area contributed by atoms with Crippen LogP contribution in [0.4, 0.5) is 0 Å². The van der Waals surface area contributed by atoms with E-state index in [2.05, 4.69) is 46.9 Å². The second-order valence-corrected chi connectivity index (χ2v) is 6.65. The molecule has 0 spiro atoms. The predicted octanol–water partition coefficient (Wildman–Crippen LogP) is 4.49. The highest BCUT2D eigenvalue weighted by Crippen LogP contribution is 2.28. The Bertz CT molecular complexity index is 955. The SMILES string of the molecule is CCNC(=NCc1ccc(OCC)c(OC)c1)NCCc1c[nH]c2ccccc12.I. The summed E-state index contributed by atoms with van der Waals surface area (Å²) in [5, 5.41) is 8.00. The first-order valence-corrected chi connectivity index (χ1v) is 10.1. The Balaban J connectivity index is 0.00000320. The number of H-pyrrole nitrogens is 1. The Kier molecular flexibility index (Phi) is 9.79. The lowest BCUT2D eigenvalue weighted by atomic mass is 10.1. The van der Waals surface area contributed by atoms with E-state index in [1.54, 1.807) is 7.11 Å². The van der Waals surface area contributed by atoms with Crippen molar-refractivity contribution in [2.45, 2.75) is 26.8 Å². The van der Waals surface area contributed by atoms with Crippen molar-refractivity contribution in [3.05, 3.63) is 59.8 Å². The number of hydrogen-bond donors (Lipinski definition) is 3. The fourth-order valence-corrected chi connectivity index (χ4v) is 3.25. The molecule has 6 nitrogen and oxygen atoms in total. The van der Waals surface area contributed by atoms with Gasteiger partial charge in [0.2, 0.25) is 0 Å². The molecule has 7 heteroatoms. The maximum Gasteiger partial charge on any atom is 0.191 e. The lowest BCUT2D eigenvalue weighted by Crippen LogP contribution is -2.38. The highest BCUT2D eigenvalue weighted by molar-refractivity contribution is 14.0. The number of aromatic nitrogens is 1. The summed E-state index contributed by atoms with van der Waals surface area (Å²) in [6, 6.07) is 14.3. The number of guanidine groups is 1. The molecule has 3 N–H and O–H groups in total. The lowest BCUT2D eigenvalue weighted by Gasteiger charge is -2.12. The molecular weight excluding hydrogens is 491 g/mol. The third-order valence-electron chi connectivity index (χ3n) is 4.65. The van der Waals surface area contributed by atoms with Crippen molar-refractivity contribution in [3.8, 4) is 11.5 Å². The summed E-state index contributed by atoms with van der Waals surface area (Å²) in [6.45, 7) is 6.81. The molecule has 0 fully saturated rings. The number of hydrogen-bond acceptors (Lipinski definition) is 3. The minimum atomic E-state index is 0. The van der Waals surface area contributed by atoms with Gasteiger partial charge in [0, 0.05) is 30.2 Å². The number of methoxy groups -OCH3 is 1. The monoisotopic (exact) mass is 522 g/mol. The minimum Gasteiger partial charge on any atom is -0.493 e. The Hall–Kier alpha value is -2.42. The van der Waals surface area contributed by atoms with E-state index in [4.69, 9.17) is 14.5 Å². The summed E-state index contributed by atoms with van der Waals surface area (Å²) in [6.07, 6.45) is 3.01. The van der Waals surface area contributed by atoms with Crippen molar-refractivity contribution in [2.24, 2.45) is 4.99 Å². The van der Waals surface area contributed by atoms with Gasteiger partial charge in [-0.3, -0.25) is 0 Å². The van der Waals surface area contributed by atoms with Crippen molar-refractivity contribution in [1.82, 2.24) is 15.6 Å². The van der Waals surface area contributed by atoms with Crippen LogP contribution in [-0.4, -0.2) is 37.7 Å². The zero-order valence-corrected chi connectivity index (χ0v) is 20.2. The number of rotatable bonds is 9. The maximum absolute atomic E-state index is 5.58. The van der Waals surface area contributed by atoms with Crippen LogP contribution >= 0.6 is 24.0 Å². The fourth-order valence-electron chi connectivity index (χ4n) is 3.25. The molecule has 0 aliphatic heterocycles. The first kappa shape index (κ1) is 23.9. The number of aromatic amines is 1. The molecule has 0 unspecified atom stereocenters. The van der Waals surface area contributed by atoms with E-state index in [1.807, 2.05) is 31.2 Å². The molecule has 0 atom stereocenters. The van der Waals surface area contributed by atoms with Crippen LogP contribution in [0.2, 0.25) is 0 Å². The van der Waals surface area contributed by atoms with Gasteiger partial charge in [0.15, 0.2) is 17.5 Å². The van der Waals surface area contributed by atoms with Crippen LogP contribution in [0, 0.1) is 0 Å². The Labute approximate surface area is 195 Å². The average molecular weight is 522 g/mol. The van der Waals surface area contributed by atoms with Gasteiger partial charge in [-0.2, -0.15) is 0 Å². The van der Waals surface area contributed by atoms with Crippen molar-refractivity contribution in [2.75, 3.05) is 26.8 Å². The van der Waals surface area contributed by atoms with E-state index in [0.717, 1.165) is 42.5 Å². The lowest BCUT2D eigenvalue weighted by molar-refractivity contribution is 0.310. The molecule has 0 aliphatic rings. The highest BCUT2D eigenvalue weighted by atomic mass is 127. The normalized spacial score (nSPS) is 11.1. The molecular formula is C23H31IN4O2. The third kappa shape index (κ3) is 6.29. The standard InChI is InChI=1S/C23H30N4O2.HI/c1-4-24-23(25-13-12-18-16-26-20-9-7-6-8-19(18)20)27-15-17-10-11-21(29-5-2)22(14-17)28-3;/h6-11,14,16,26H,4-5,12-13,15H2,1-3H3,(H2,24,25,27);1H. The predicted molar refractivity (Wildman–Crippen MR) is 134 cm³/mol. The number of benzene rings is 2. The number of nitrogens with one attached hydrogen (secondary N) is 3. The summed E-state index contributed by atoms with van der Waals surface area (Å²) in [5.74, 6) is 2.29. The third-order valence-corrected chi connectivity index (χ3v) is 4.65. The first-order chi connectivity index (χ1) is 14.2. The van der Waals surface area contributed by atoms with E-state index < -0.39 is 0 Å². The number of fused-ring (bicyclic) bond motifs is 1. The Morgan fingerprint density at radius 3 is 2.67 bits per heavy atom. The molecule has 30 heavy (non-hydrogen) atoms. The number of ether oxygens (including phenoxy) is 2. The summed E-state index contributed by atoms with van der Waals surface area (Å²) < 4.78 is 11.0. The van der Waals surface area contributed by atoms with Gasteiger partial charge in [-0.1, -0.05) is 24.3 Å². The first-order valence-electron chi connectivity index (χ1n) is 10.1. The minimum absolute atomic E-state index is 0. The second-order valence-electron chi connectivity index (χ2n) is 6.65. The van der Waals surface area contributed by atoms with Gasteiger partial charge in [0.1, 0.15) is 0 Å². The van der Waals surface area contributed by atoms with Crippen molar-refractivity contribution >= 4 is 40.8 Å². The van der Waals surface area contributed by atoms with Crippen LogP contribution in [0.5, 0.6) is 11.5 Å². The van der Waals surface area contributed by atoms with E-state index in [-0.39, 0.29) is 24.0 Å². The highest BCUT2D eigenvalue weighted by Gasteiger charge is 2.06. The maximum atomic E-state index is 5.58. The summed E-state index contributed by atoms with van der Waals surface area (Å²) in [4.78, 5) is 8.03. The number of halogens is 1. The number of nitrogens with zero attached hydrogens (tertiary/aromatic N) is 1. The number of para-hydroxylation sites is 1. The van der Waals surface area contributed by atoms with Crippen molar-refractivity contribution < 1.29 is 9.47 Å². The molecule has 0 saturated heterocycles. The fraction of sp³-hybridized carbons (Fsp3) is 0.348. The summed E-state index contributed by atoms with van der Waals surface area (Å²) in [5.41, 5.74) is 3.55. The van der Waals surface area contributed by atoms with Gasteiger partial charge < -0.3 is 25.1 Å². The topological polar surface area (TPSA) is 70.7 Å². The van der Waals surface area contributed by atoms with Crippen molar-refractivity contribution in [1.29, 1.82) is 0 Å². The molecule has 1 aromatic heterocycles. The zero-order valence-electron chi connectivity index (χ0n) is 17.8. The van der Waals surface area contributed by atoms with E-state index in [9.17, 15) is 0 Å². The van der Waals surface area contributed by atoms with Crippen LogP contribution in [0.15, 0.2) is 53.7 Å². The molecule has 0 bridgehead atoms. The van der Waals surface area contributed by atoms with Gasteiger partial charge in [-0.05, 0) is 49.6 Å². The van der Waals surface area contributed by atoms with E-state index >= 15 is 0 Å². The van der Waals surface area contributed by atoms with Gasteiger partial charge in [0.05, 0.1) is 20.3 Å². The molecule has 0 radical (unpaired) electrons. The van der Waals surface area contributed by atoms with E-state index in [0.29, 0.717) is 13.2 Å². The van der Waals surface area contributed by atoms with Crippen LogP contribution in [-0.2, 0) is 13.0 Å². The quantitative estimate of drug-likeness (QED) is 0.220. The second kappa shape index (κ2) is 12.3. The molecule has 1 heterocycles. The van der Waals surface area contributed by atoms with Crippen LogP contribution < -0.4 is 20.1 Å².